The number of benzene rings is 1. The Morgan fingerprint density at radius 1 is 1.31 bits per heavy atom. The van der Waals surface area contributed by atoms with E-state index >= 15 is 0 Å². The molecule has 1 heterocycles. The molecule has 0 fully saturated rings. The molecule has 0 atom stereocenters. The Kier molecular flexibility index (Phi) is 1.89. The van der Waals surface area contributed by atoms with E-state index in [-0.39, 0.29) is 10.3 Å². The summed E-state index contributed by atoms with van der Waals surface area (Å²) in [6.45, 7) is 4.47. The van der Waals surface area contributed by atoms with Gasteiger partial charge in [-0.25, -0.2) is 0 Å². The number of hydrogen-bond acceptors (Lipinski definition) is 2. The molecule has 16 heavy (non-hydrogen) atoms. The molecule has 1 N–H and O–H groups in total. The van der Waals surface area contributed by atoms with Crippen molar-refractivity contribution < 1.29 is 0 Å². The Hall–Kier alpha value is -1.35. The van der Waals surface area contributed by atoms with E-state index in [1.807, 2.05) is 6.07 Å². The first-order valence-electron chi connectivity index (χ1n) is 5.40. The van der Waals surface area contributed by atoms with Crippen LogP contribution in [0.1, 0.15) is 24.3 Å². The molecule has 2 nitrogen and oxygen atoms in total. The number of H-pyrrole nitrogens is 1. The minimum Gasteiger partial charge on any atom is -0.312 e. The summed E-state index contributed by atoms with van der Waals surface area (Å²) in [6.07, 6.45) is 0.947. The molecule has 1 aliphatic rings. The summed E-state index contributed by atoms with van der Waals surface area (Å²) in [5, 5.41) is 0. The second-order valence-corrected chi connectivity index (χ2v) is 5.99. The number of thiazole rings is 1. The Morgan fingerprint density at radius 2 is 2.06 bits per heavy atom. The van der Waals surface area contributed by atoms with E-state index in [1.165, 1.54) is 27.3 Å². The SMILES string of the molecule is CC1(C)Cc2sc(=O)[nH]c2-c2ccccc21. The lowest BCUT2D eigenvalue weighted by molar-refractivity contribution is 0.521. The van der Waals surface area contributed by atoms with Crippen molar-refractivity contribution in [2.75, 3.05) is 0 Å². The van der Waals surface area contributed by atoms with Crippen LogP contribution in [0.5, 0.6) is 0 Å². The zero-order chi connectivity index (χ0) is 11.3. The van der Waals surface area contributed by atoms with Crippen LogP contribution in [-0.2, 0) is 11.8 Å². The molecule has 2 aromatic rings. The van der Waals surface area contributed by atoms with Crippen LogP contribution in [-0.4, -0.2) is 4.98 Å². The van der Waals surface area contributed by atoms with Gasteiger partial charge in [-0.2, -0.15) is 0 Å². The number of aromatic nitrogens is 1. The van der Waals surface area contributed by atoms with Gasteiger partial charge in [0.2, 0.25) is 0 Å². The first-order chi connectivity index (χ1) is 7.58. The molecular weight excluding hydrogens is 218 g/mol. The summed E-state index contributed by atoms with van der Waals surface area (Å²) in [4.78, 5) is 15.6. The zero-order valence-corrected chi connectivity index (χ0v) is 10.1. The number of hydrogen-bond donors (Lipinski definition) is 1. The van der Waals surface area contributed by atoms with Crippen LogP contribution in [0, 0.1) is 0 Å². The van der Waals surface area contributed by atoms with E-state index in [2.05, 4.69) is 37.0 Å². The summed E-state index contributed by atoms with van der Waals surface area (Å²) in [6, 6.07) is 8.35. The van der Waals surface area contributed by atoms with Gasteiger partial charge in [-0.1, -0.05) is 49.4 Å². The molecule has 1 aromatic heterocycles. The van der Waals surface area contributed by atoms with Gasteiger partial charge in [-0.15, -0.1) is 0 Å². The van der Waals surface area contributed by atoms with E-state index < -0.39 is 0 Å². The van der Waals surface area contributed by atoms with Crippen LogP contribution in [0.15, 0.2) is 29.1 Å². The maximum atomic E-state index is 11.4. The van der Waals surface area contributed by atoms with Crippen LogP contribution in [0.2, 0.25) is 0 Å². The van der Waals surface area contributed by atoms with Crippen LogP contribution in [0.3, 0.4) is 0 Å². The van der Waals surface area contributed by atoms with E-state index in [9.17, 15) is 4.79 Å². The Bertz CT molecular complexity index is 606. The van der Waals surface area contributed by atoms with E-state index in [0.29, 0.717) is 0 Å². The minimum atomic E-state index is 0.0532. The lowest BCUT2D eigenvalue weighted by atomic mass is 9.74. The first-order valence-corrected chi connectivity index (χ1v) is 6.21. The second kappa shape index (κ2) is 3.08. The fraction of sp³-hybridized carbons (Fsp3) is 0.308. The molecule has 3 rings (SSSR count). The first kappa shape index (κ1) is 9.85. The maximum absolute atomic E-state index is 11.4. The quantitative estimate of drug-likeness (QED) is 0.743. The maximum Gasteiger partial charge on any atom is 0.305 e. The summed E-state index contributed by atoms with van der Waals surface area (Å²) in [7, 11) is 0. The highest BCUT2D eigenvalue weighted by Gasteiger charge is 2.32. The fourth-order valence-electron chi connectivity index (χ4n) is 2.49. The average Bonchev–Trinajstić information content (AvgIpc) is 2.58. The monoisotopic (exact) mass is 231 g/mol. The third kappa shape index (κ3) is 1.28. The molecule has 0 bridgehead atoms. The second-order valence-electron chi connectivity index (χ2n) is 4.92. The number of rotatable bonds is 0. The van der Waals surface area contributed by atoms with Gasteiger partial charge < -0.3 is 4.98 Å². The molecule has 0 amide bonds. The Labute approximate surface area is 98.0 Å². The van der Waals surface area contributed by atoms with Crippen LogP contribution in [0.4, 0.5) is 0 Å². The Morgan fingerprint density at radius 3 is 2.88 bits per heavy atom. The summed E-state index contributed by atoms with van der Waals surface area (Å²) < 4.78 is 0. The third-order valence-electron chi connectivity index (χ3n) is 3.25. The molecule has 1 aliphatic carbocycles. The van der Waals surface area contributed by atoms with Crippen LogP contribution in [0.25, 0.3) is 11.3 Å². The van der Waals surface area contributed by atoms with Crippen LogP contribution >= 0.6 is 11.3 Å². The molecular formula is C13H13NOS. The van der Waals surface area contributed by atoms with E-state index in [4.69, 9.17) is 0 Å². The van der Waals surface area contributed by atoms with E-state index in [1.54, 1.807) is 0 Å². The highest BCUT2D eigenvalue weighted by atomic mass is 32.1. The molecule has 3 heteroatoms. The van der Waals surface area contributed by atoms with Crippen molar-refractivity contribution in [3.63, 3.8) is 0 Å². The van der Waals surface area contributed by atoms with E-state index in [0.717, 1.165) is 12.1 Å². The lowest BCUT2D eigenvalue weighted by Gasteiger charge is -2.31. The molecule has 0 radical (unpaired) electrons. The Balaban J connectivity index is 2.37. The van der Waals surface area contributed by atoms with Crippen molar-refractivity contribution >= 4 is 11.3 Å². The smallest absolute Gasteiger partial charge is 0.305 e. The van der Waals surface area contributed by atoms with Crippen molar-refractivity contribution in [1.29, 1.82) is 0 Å². The molecule has 0 saturated carbocycles. The largest absolute Gasteiger partial charge is 0.312 e. The molecule has 82 valence electrons. The summed E-state index contributed by atoms with van der Waals surface area (Å²) >= 11 is 1.34. The molecule has 0 saturated heterocycles. The van der Waals surface area contributed by atoms with Crippen molar-refractivity contribution in [3.05, 3.63) is 44.4 Å². The molecule has 0 aliphatic heterocycles. The van der Waals surface area contributed by atoms with Crippen molar-refractivity contribution in [3.8, 4) is 11.3 Å². The summed E-state index contributed by atoms with van der Waals surface area (Å²) in [5.74, 6) is 0. The predicted octanol–water partition coefficient (Wildman–Crippen LogP) is 2.94. The number of nitrogens with one attached hydrogen (secondary N) is 1. The van der Waals surface area contributed by atoms with Gasteiger partial charge in [0, 0.05) is 10.4 Å². The van der Waals surface area contributed by atoms with Gasteiger partial charge >= 0.3 is 4.87 Å². The summed E-state index contributed by atoms with van der Waals surface area (Å²) in [5.41, 5.74) is 3.67. The van der Waals surface area contributed by atoms with Gasteiger partial charge in [-0.3, -0.25) is 4.79 Å². The molecule has 0 unspecified atom stereocenters. The van der Waals surface area contributed by atoms with Gasteiger partial charge in [0.25, 0.3) is 0 Å². The third-order valence-corrected chi connectivity index (χ3v) is 4.13. The van der Waals surface area contributed by atoms with Gasteiger partial charge in [-0.05, 0) is 17.4 Å². The fourth-order valence-corrected chi connectivity index (χ4v) is 3.56. The number of fused-ring (bicyclic) bond motifs is 3. The van der Waals surface area contributed by atoms with Crippen LogP contribution < -0.4 is 4.87 Å². The zero-order valence-electron chi connectivity index (χ0n) is 9.33. The topological polar surface area (TPSA) is 32.9 Å². The predicted molar refractivity (Wildman–Crippen MR) is 67.1 cm³/mol. The lowest BCUT2D eigenvalue weighted by Crippen LogP contribution is -2.24. The van der Waals surface area contributed by atoms with Crippen molar-refractivity contribution in [2.24, 2.45) is 0 Å². The highest BCUT2D eigenvalue weighted by Crippen LogP contribution is 2.42. The minimum absolute atomic E-state index is 0.0532. The van der Waals surface area contributed by atoms with Crippen molar-refractivity contribution in [1.82, 2.24) is 4.98 Å². The van der Waals surface area contributed by atoms with Gasteiger partial charge in [0.1, 0.15) is 0 Å². The standard InChI is InChI=1S/C13H13NOS/c1-13(2)7-10-11(14-12(15)16-10)8-5-3-4-6-9(8)13/h3-6H,7H2,1-2H3,(H,14,15). The molecule has 0 spiro atoms. The molecule has 1 aromatic carbocycles. The van der Waals surface area contributed by atoms with Gasteiger partial charge in [0.15, 0.2) is 0 Å². The number of aromatic amines is 1. The van der Waals surface area contributed by atoms with Crippen molar-refractivity contribution in [2.45, 2.75) is 25.7 Å². The van der Waals surface area contributed by atoms with Gasteiger partial charge in [0.05, 0.1) is 5.69 Å². The highest BCUT2D eigenvalue weighted by molar-refractivity contribution is 7.09. The normalized spacial score (nSPS) is 16.6. The average molecular weight is 231 g/mol.